The van der Waals surface area contributed by atoms with Gasteiger partial charge in [-0.25, -0.2) is 4.98 Å². The Kier molecular flexibility index (Phi) is 3.92. The molecule has 1 aromatic carbocycles. The minimum Gasteiger partial charge on any atom is -0.311 e. The van der Waals surface area contributed by atoms with Gasteiger partial charge in [0, 0.05) is 18.1 Å². The Bertz CT molecular complexity index is 570. The Balaban J connectivity index is 2.36. The largest absolute Gasteiger partial charge is 0.311 e. The predicted octanol–water partition coefficient (Wildman–Crippen LogP) is 2.95. The first-order valence-corrected chi connectivity index (χ1v) is 6.42. The topological polar surface area (TPSA) is 45.8 Å². The van der Waals surface area contributed by atoms with Crippen molar-refractivity contribution >= 4 is 0 Å². The van der Waals surface area contributed by atoms with E-state index in [2.05, 4.69) is 29.0 Å². The normalized spacial score (nSPS) is 10.6. The number of aryl methyl sites for hydroxylation is 2. The first-order chi connectivity index (χ1) is 8.72. The zero-order valence-corrected chi connectivity index (χ0v) is 10.9. The van der Waals surface area contributed by atoms with E-state index in [9.17, 15) is 4.79 Å². The molecule has 0 fully saturated rings. The summed E-state index contributed by atoms with van der Waals surface area (Å²) in [5, 5.41) is 0. The van der Waals surface area contributed by atoms with Crippen LogP contribution in [0.5, 0.6) is 0 Å². The van der Waals surface area contributed by atoms with Crippen molar-refractivity contribution in [1.82, 2.24) is 9.97 Å². The van der Waals surface area contributed by atoms with Gasteiger partial charge in [-0.1, -0.05) is 44.5 Å². The number of hydrogen-bond donors (Lipinski definition) is 1. The van der Waals surface area contributed by atoms with Crippen LogP contribution in [-0.2, 0) is 12.8 Å². The number of nitrogens with zero attached hydrogens (tertiary/aromatic N) is 1. The zero-order valence-electron chi connectivity index (χ0n) is 10.9. The van der Waals surface area contributed by atoms with E-state index in [0.717, 1.165) is 36.3 Å². The molecule has 94 valence electrons. The minimum atomic E-state index is -0.0884. The van der Waals surface area contributed by atoms with Crippen LogP contribution in [0, 0.1) is 0 Å². The van der Waals surface area contributed by atoms with Gasteiger partial charge in [-0.05, 0) is 12.0 Å². The molecule has 0 saturated carbocycles. The van der Waals surface area contributed by atoms with Crippen LogP contribution in [0.1, 0.15) is 31.7 Å². The highest BCUT2D eigenvalue weighted by Gasteiger charge is 2.03. The first kappa shape index (κ1) is 12.6. The van der Waals surface area contributed by atoms with E-state index in [1.165, 1.54) is 5.56 Å². The molecule has 1 heterocycles. The fraction of sp³-hybridized carbons (Fsp3) is 0.333. The fourth-order valence-electron chi connectivity index (χ4n) is 1.95. The Hall–Kier alpha value is -1.90. The summed E-state index contributed by atoms with van der Waals surface area (Å²) < 4.78 is 0. The maximum Gasteiger partial charge on any atom is 0.251 e. The lowest BCUT2D eigenvalue weighted by Crippen LogP contribution is -2.10. The van der Waals surface area contributed by atoms with Crippen LogP contribution in [0.15, 0.2) is 35.1 Å². The molecule has 0 spiro atoms. The average molecular weight is 242 g/mol. The molecule has 0 aliphatic rings. The minimum absolute atomic E-state index is 0.0884. The summed E-state index contributed by atoms with van der Waals surface area (Å²) in [4.78, 5) is 18.7. The fourth-order valence-corrected chi connectivity index (χ4v) is 1.95. The summed E-state index contributed by atoms with van der Waals surface area (Å²) in [7, 11) is 0. The Morgan fingerprint density at radius 1 is 1.17 bits per heavy atom. The molecule has 0 aliphatic carbocycles. The van der Waals surface area contributed by atoms with Crippen molar-refractivity contribution in [2.75, 3.05) is 0 Å². The number of rotatable bonds is 4. The second-order valence-electron chi connectivity index (χ2n) is 4.38. The molecular formula is C15H18N2O. The van der Waals surface area contributed by atoms with E-state index < -0.39 is 0 Å². The summed E-state index contributed by atoms with van der Waals surface area (Å²) in [6.45, 7) is 4.14. The van der Waals surface area contributed by atoms with Gasteiger partial charge >= 0.3 is 0 Å². The number of aromatic nitrogens is 2. The third-order valence-electron chi connectivity index (χ3n) is 2.91. The number of hydrogen-bond acceptors (Lipinski definition) is 2. The zero-order chi connectivity index (χ0) is 13.0. The van der Waals surface area contributed by atoms with Crippen molar-refractivity contribution in [1.29, 1.82) is 0 Å². The highest BCUT2D eigenvalue weighted by atomic mass is 16.1. The molecule has 0 unspecified atom stereocenters. The van der Waals surface area contributed by atoms with Crippen LogP contribution in [-0.4, -0.2) is 9.97 Å². The molecule has 3 nitrogen and oxygen atoms in total. The van der Waals surface area contributed by atoms with Crippen LogP contribution < -0.4 is 5.56 Å². The Morgan fingerprint density at radius 2 is 1.89 bits per heavy atom. The van der Waals surface area contributed by atoms with Gasteiger partial charge in [0.25, 0.3) is 5.56 Å². The highest BCUT2D eigenvalue weighted by molar-refractivity contribution is 5.58. The molecule has 18 heavy (non-hydrogen) atoms. The van der Waals surface area contributed by atoms with Crippen LogP contribution in [0.25, 0.3) is 11.3 Å². The van der Waals surface area contributed by atoms with Crippen LogP contribution in [0.2, 0.25) is 0 Å². The summed E-state index contributed by atoms with van der Waals surface area (Å²) in [5.74, 6) is 0.732. The average Bonchev–Trinajstić information content (AvgIpc) is 2.39. The van der Waals surface area contributed by atoms with E-state index in [4.69, 9.17) is 0 Å². The summed E-state index contributed by atoms with van der Waals surface area (Å²) in [6, 6.07) is 9.83. The van der Waals surface area contributed by atoms with E-state index in [0.29, 0.717) is 0 Å². The molecule has 0 amide bonds. The predicted molar refractivity (Wildman–Crippen MR) is 73.7 cm³/mol. The summed E-state index contributed by atoms with van der Waals surface area (Å²) >= 11 is 0. The van der Waals surface area contributed by atoms with Crippen LogP contribution in [0.4, 0.5) is 0 Å². The summed E-state index contributed by atoms with van der Waals surface area (Å²) in [5.41, 5.74) is 2.98. The summed E-state index contributed by atoms with van der Waals surface area (Å²) in [6.07, 6.45) is 2.96. The lowest BCUT2D eigenvalue weighted by molar-refractivity contribution is 0.919. The molecule has 1 aromatic heterocycles. The van der Waals surface area contributed by atoms with Crippen molar-refractivity contribution in [3.05, 3.63) is 52.1 Å². The monoisotopic (exact) mass is 242 g/mol. The molecule has 0 bridgehead atoms. The molecule has 1 N–H and O–H groups in total. The molecule has 0 aliphatic heterocycles. The van der Waals surface area contributed by atoms with Crippen molar-refractivity contribution < 1.29 is 0 Å². The Labute approximate surface area is 107 Å². The molecule has 0 radical (unpaired) electrons. The van der Waals surface area contributed by atoms with Gasteiger partial charge in [0.1, 0.15) is 5.82 Å². The van der Waals surface area contributed by atoms with Crippen LogP contribution in [0.3, 0.4) is 0 Å². The molecular weight excluding hydrogens is 224 g/mol. The smallest absolute Gasteiger partial charge is 0.251 e. The standard InChI is InChI=1S/C15H18N2O/c1-3-5-11-6-8-12(9-7-11)13-10-15(18)17-14(4-2)16-13/h6-10H,3-5H2,1-2H3,(H,16,17,18). The van der Waals surface area contributed by atoms with Crippen molar-refractivity contribution in [2.45, 2.75) is 33.1 Å². The lowest BCUT2D eigenvalue weighted by Gasteiger charge is -2.04. The maximum absolute atomic E-state index is 11.5. The number of nitrogens with one attached hydrogen (secondary N) is 1. The molecule has 0 atom stereocenters. The van der Waals surface area contributed by atoms with E-state index in [1.54, 1.807) is 6.07 Å². The third-order valence-corrected chi connectivity index (χ3v) is 2.91. The number of benzene rings is 1. The quantitative estimate of drug-likeness (QED) is 0.896. The van der Waals surface area contributed by atoms with Crippen molar-refractivity contribution in [3.63, 3.8) is 0 Å². The van der Waals surface area contributed by atoms with Crippen molar-refractivity contribution in [2.24, 2.45) is 0 Å². The molecule has 2 aromatic rings. The number of H-pyrrole nitrogens is 1. The van der Waals surface area contributed by atoms with Gasteiger partial charge < -0.3 is 4.98 Å². The third kappa shape index (κ3) is 2.86. The van der Waals surface area contributed by atoms with Gasteiger partial charge in [0.05, 0.1) is 5.69 Å². The van der Waals surface area contributed by atoms with Gasteiger partial charge in [0.15, 0.2) is 0 Å². The SMILES string of the molecule is CCCc1ccc(-c2cc(=O)[nH]c(CC)n2)cc1. The van der Waals surface area contributed by atoms with Gasteiger partial charge in [-0.2, -0.15) is 0 Å². The van der Waals surface area contributed by atoms with Gasteiger partial charge in [0.2, 0.25) is 0 Å². The second-order valence-corrected chi connectivity index (χ2v) is 4.38. The van der Waals surface area contributed by atoms with E-state index >= 15 is 0 Å². The molecule has 0 saturated heterocycles. The van der Waals surface area contributed by atoms with Crippen LogP contribution >= 0.6 is 0 Å². The molecule has 2 rings (SSSR count). The maximum atomic E-state index is 11.5. The highest BCUT2D eigenvalue weighted by Crippen LogP contribution is 2.17. The molecule has 3 heteroatoms. The second kappa shape index (κ2) is 5.63. The van der Waals surface area contributed by atoms with E-state index in [1.807, 2.05) is 19.1 Å². The first-order valence-electron chi connectivity index (χ1n) is 6.42. The Morgan fingerprint density at radius 3 is 2.50 bits per heavy atom. The number of aromatic amines is 1. The van der Waals surface area contributed by atoms with Gasteiger partial charge in [-0.3, -0.25) is 4.79 Å². The van der Waals surface area contributed by atoms with E-state index in [-0.39, 0.29) is 5.56 Å². The van der Waals surface area contributed by atoms with Gasteiger partial charge in [-0.15, -0.1) is 0 Å². The lowest BCUT2D eigenvalue weighted by atomic mass is 10.1. The van der Waals surface area contributed by atoms with Crippen molar-refractivity contribution in [3.8, 4) is 11.3 Å².